The number of pyridine rings is 1. The molecule has 0 saturated carbocycles. The molecule has 2 aromatic carbocycles. The smallest absolute Gasteiger partial charge is 0.291 e. The molecule has 0 radical (unpaired) electrons. The maximum atomic E-state index is 12.4. The van der Waals surface area contributed by atoms with Gasteiger partial charge >= 0.3 is 0 Å². The van der Waals surface area contributed by atoms with Crippen LogP contribution in [-0.2, 0) is 0 Å². The summed E-state index contributed by atoms with van der Waals surface area (Å²) in [7, 11) is 0. The quantitative estimate of drug-likeness (QED) is 0.591. The third kappa shape index (κ3) is 2.55. The normalized spacial score (nSPS) is 11.0. The molecule has 1 amide bonds. The summed E-state index contributed by atoms with van der Waals surface area (Å²) < 4.78 is 5.61. The Labute approximate surface area is 132 Å². The molecule has 4 aromatic rings. The Morgan fingerprint density at radius 1 is 1.04 bits per heavy atom. The second-order valence-electron chi connectivity index (χ2n) is 5.52. The van der Waals surface area contributed by atoms with Gasteiger partial charge in [0.05, 0.1) is 17.4 Å². The lowest BCUT2D eigenvalue weighted by Crippen LogP contribution is -2.10. The minimum absolute atomic E-state index is 0.282. The Balaban J connectivity index is 1.64. The predicted octanol–water partition coefficient (Wildman–Crippen LogP) is 4.54. The molecule has 2 heterocycles. The number of carbonyl (C=O) groups excluding carboxylic acids is 1. The summed E-state index contributed by atoms with van der Waals surface area (Å²) in [5.41, 5.74) is 3.37. The molecule has 112 valence electrons. The number of hydrogen-bond acceptors (Lipinski definition) is 3. The van der Waals surface area contributed by atoms with Crippen LogP contribution in [0.4, 0.5) is 5.69 Å². The lowest BCUT2D eigenvalue weighted by molar-refractivity contribution is 0.0998. The van der Waals surface area contributed by atoms with E-state index in [4.69, 9.17) is 4.42 Å². The summed E-state index contributed by atoms with van der Waals surface area (Å²) in [5.74, 6) is 0.00897. The number of hydrogen-bond donors (Lipinski definition) is 1. The van der Waals surface area contributed by atoms with E-state index in [9.17, 15) is 4.79 Å². The van der Waals surface area contributed by atoms with Crippen molar-refractivity contribution < 1.29 is 9.21 Å². The number of rotatable bonds is 2. The molecule has 4 rings (SSSR count). The summed E-state index contributed by atoms with van der Waals surface area (Å²) in [5, 5.41) is 4.73. The molecule has 23 heavy (non-hydrogen) atoms. The van der Waals surface area contributed by atoms with Crippen molar-refractivity contribution in [1.29, 1.82) is 0 Å². The van der Waals surface area contributed by atoms with E-state index in [0.29, 0.717) is 17.0 Å². The highest BCUT2D eigenvalue weighted by atomic mass is 16.3. The monoisotopic (exact) mass is 302 g/mol. The van der Waals surface area contributed by atoms with Crippen molar-refractivity contribution in [2.75, 3.05) is 5.32 Å². The molecule has 0 aliphatic heterocycles. The van der Waals surface area contributed by atoms with Crippen LogP contribution < -0.4 is 5.32 Å². The van der Waals surface area contributed by atoms with Gasteiger partial charge in [-0.25, -0.2) is 0 Å². The maximum Gasteiger partial charge on any atom is 0.291 e. The van der Waals surface area contributed by atoms with Crippen LogP contribution in [0, 0.1) is 6.92 Å². The number of aromatic nitrogens is 1. The van der Waals surface area contributed by atoms with Crippen LogP contribution >= 0.6 is 0 Å². The molecule has 0 spiro atoms. The van der Waals surface area contributed by atoms with Gasteiger partial charge in [0.2, 0.25) is 0 Å². The largest absolute Gasteiger partial charge is 0.451 e. The van der Waals surface area contributed by atoms with Crippen molar-refractivity contribution >= 4 is 33.5 Å². The number of nitrogens with zero attached hydrogens (tertiary/aromatic N) is 1. The molecule has 0 aliphatic carbocycles. The molecule has 4 nitrogen and oxygen atoms in total. The van der Waals surface area contributed by atoms with Gasteiger partial charge < -0.3 is 9.73 Å². The summed E-state index contributed by atoms with van der Waals surface area (Å²) in [6, 6.07) is 17.2. The standard InChI is InChI=1S/C19H14N2O2/c1-12-6-7-17-14(8-12)10-18(23-17)19(22)21-15-9-13-4-2-3-5-16(13)20-11-15/h2-11H,1H3,(H,21,22). The number of para-hydroxylation sites is 1. The molecule has 0 atom stereocenters. The molecule has 0 saturated heterocycles. The molecular weight excluding hydrogens is 288 g/mol. The van der Waals surface area contributed by atoms with Gasteiger partial charge in [0, 0.05) is 10.8 Å². The zero-order chi connectivity index (χ0) is 15.8. The summed E-state index contributed by atoms with van der Waals surface area (Å²) >= 11 is 0. The van der Waals surface area contributed by atoms with Crippen molar-refractivity contribution in [3.8, 4) is 0 Å². The number of carbonyl (C=O) groups is 1. The fraction of sp³-hybridized carbons (Fsp3) is 0.0526. The highest BCUT2D eigenvalue weighted by Gasteiger charge is 2.13. The van der Waals surface area contributed by atoms with E-state index in [-0.39, 0.29) is 5.91 Å². The molecule has 0 unspecified atom stereocenters. The molecule has 2 aromatic heterocycles. The Morgan fingerprint density at radius 3 is 2.83 bits per heavy atom. The van der Waals surface area contributed by atoms with Crippen LogP contribution in [0.5, 0.6) is 0 Å². The fourth-order valence-electron chi connectivity index (χ4n) is 2.61. The molecule has 1 N–H and O–H groups in total. The van der Waals surface area contributed by atoms with Crippen LogP contribution in [0.2, 0.25) is 0 Å². The van der Waals surface area contributed by atoms with E-state index in [1.54, 1.807) is 12.3 Å². The Morgan fingerprint density at radius 2 is 1.91 bits per heavy atom. The first-order valence-electron chi connectivity index (χ1n) is 7.35. The Kier molecular flexibility index (Phi) is 3.08. The Bertz CT molecular complexity index is 1030. The van der Waals surface area contributed by atoms with Gasteiger partial charge in [0.1, 0.15) is 5.58 Å². The van der Waals surface area contributed by atoms with Crippen molar-refractivity contribution in [2.24, 2.45) is 0 Å². The van der Waals surface area contributed by atoms with Crippen molar-refractivity contribution in [3.63, 3.8) is 0 Å². The van der Waals surface area contributed by atoms with E-state index in [0.717, 1.165) is 21.9 Å². The van der Waals surface area contributed by atoms with Gasteiger partial charge in [-0.3, -0.25) is 9.78 Å². The molecular formula is C19H14N2O2. The van der Waals surface area contributed by atoms with Gasteiger partial charge in [-0.2, -0.15) is 0 Å². The fourth-order valence-corrected chi connectivity index (χ4v) is 2.61. The van der Waals surface area contributed by atoms with Crippen molar-refractivity contribution in [1.82, 2.24) is 4.98 Å². The zero-order valence-electron chi connectivity index (χ0n) is 12.5. The number of furan rings is 1. The van der Waals surface area contributed by atoms with Gasteiger partial charge in [-0.1, -0.05) is 29.8 Å². The van der Waals surface area contributed by atoms with E-state index in [1.807, 2.05) is 55.5 Å². The van der Waals surface area contributed by atoms with Gasteiger partial charge in [-0.05, 0) is 37.3 Å². The summed E-state index contributed by atoms with van der Waals surface area (Å²) in [6.07, 6.45) is 1.65. The topological polar surface area (TPSA) is 55.1 Å². The van der Waals surface area contributed by atoms with Crippen LogP contribution in [-0.4, -0.2) is 10.9 Å². The first kappa shape index (κ1) is 13.5. The number of amides is 1. The van der Waals surface area contributed by atoms with E-state index >= 15 is 0 Å². The number of nitrogens with one attached hydrogen (secondary N) is 1. The summed E-state index contributed by atoms with van der Waals surface area (Å²) in [6.45, 7) is 2.01. The highest BCUT2D eigenvalue weighted by molar-refractivity contribution is 6.05. The minimum Gasteiger partial charge on any atom is -0.451 e. The third-order valence-electron chi connectivity index (χ3n) is 3.74. The number of fused-ring (bicyclic) bond motifs is 2. The lowest BCUT2D eigenvalue weighted by Gasteiger charge is -2.04. The van der Waals surface area contributed by atoms with Gasteiger partial charge in [-0.15, -0.1) is 0 Å². The van der Waals surface area contributed by atoms with E-state index < -0.39 is 0 Å². The zero-order valence-corrected chi connectivity index (χ0v) is 12.5. The first-order chi connectivity index (χ1) is 11.2. The molecule has 0 bridgehead atoms. The van der Waals surface area contributed by atoms with Crippen LogP contribution in [0.1, 0.15) is 16.1 Å². The van der Waals surface area contributed by atoms with Gasteiger partial charge in [0.25, 0.3) is 5.91 Å². The average molecular weight is 302 g/mol. The maximum absolute atomic E-state index is 12.4. The molecule has 4 heteroatoms. The highest BCUT2D eigenvalue weighted by Crippen LogP contribution is 2.22. The lowest BCUT2D eigenvalue weighted by atomic mass is 10.2. The Hall–Kier alpha value is -3.14. The van der Waals surface area contributed by atoms with Gasteiger partial charge in [0.15, 0.2) is 5.76 Å². The molecule has 0 fully saturated rings. The van der Waals surface area contributed by atoms with Crippen LogP contribution in [0.25, 0.3) is 21.9 Å². The second kappa shape index (κ2) is 5.25. The SMILES string of the molecule is Cc1ccc2oc(C(=O)Nc3cnc4ccccc4c3)cc2c1. The predicted molar refractivity (Wildman–Crippen MR) is 90.6 cm³/mol. The van der Waals surface area contributed by atoms with E-state index in [2.05, 4.69) is 10.3 Å². The average Bonchev–Trinajstić information content (AvgIpc) is 2.98. The molecule has 0 aliphatic rings. The number of aryl methyl sites for hydroxylation is 1. The first-order valence-corrected chi connectivity index (χ1v) is 7.35. The van der Waals surface area contributed by atoms with Crippen LogP contribution in [0.3, 0.4) is 0 Å². The summed E-state index contributed by atoms with van der Waals surface area (Å²) in [4.78, 5) is 16.7. The second-order valence-corrected chi connectivity index (χ2v) is 5.52. The van der Waals surface area contributed by atoms with Crippen molar-refractivity contribution in [3.05, 3.63) is 72.1 Å². The van der Waals surface area contributed by atoms with E-state index in [1.165, 1.54) is 0 Å². The van der Waals surface area contributed by atoms with Crippen molar-refractivity contribution in [2.45, 2.75) is 6.92 Å². The number of anilines is 1. The van der Waals surface area contributed by atoms with Crippen LogP contribution in [0.15, 0.2) is 65.2 Å². The number of benzene rings is 2. The third-order valence-corrected chi connectivity index (χ3v) is 3.74. The minimum atomic E-state index is -0.282.